The molecular weight excluding hydrogens is 248 g/mol. The molecule has 0 saturated heterocycles. The third kappa shape index (κ3) is 3.89. The molecule has 0 aliphatic carbocycles. The average Bonchev–Trinajstić information content (AvgIpc) is 2.43. The second kappa shape index (κ2) is 7.53. The highest BCUT2D eigenvalue weighted by Gasteiger charge is 2.20. The molecule has 0 aromatic heterocycles. The maximum Gasteiger partial charge on any atom is 0.125 e. The van der Waals surface area contributed by atoms with Crippen LogP contribution in [-0.2, 0) is 0 Å². The van der Waals surface area contributed by atoms with Crippen molar-refractivity contribution in [3.63, 3.8) is 0 Å². The lowest BCUT2D eigenvalue weighted by Crippen LogP contribution is -2.32. The zero-order valence-corrected chi connectivity index (χ0v) is 14.0. The topological polar surface area (TPSA) is 24.5 Å². The van der Waals surface area contributed by atoms with Crippen molar-refractivity contribution in [1.82, 2.24) is 5.32 Å². The van der Waals surface area contributed by atoms with Crippen LogP contribution >= 0.6 is 0 Å². The van der Waals surface area contributed by atoms with E-state index in [-0.39, 0.29) is 6.04 Å². The predicted octanol–water partition coefficient (Wildman–Crippen LogP) is 3.85. The molecule has 0 fully saturated rings. The van der Waals surface area contributed by atoms with Gasteiger partial charge in [0.2, 0.25) is 0 Å². The lowest BCUT2D eigenvalue weighted by Gasteiger charge is -2.32. The molecule has 0 amide bonds. The van der Waals surface area contributed by atoms with Gasteiger partial charge in [-0.25, -0.2) is 0 Å². The van der Waals surface area contributed by atoms with Crippen LogP contribution in [0.15, 0.2) is 18.2 Å². The lowest BCUT2D eigenvalue weighted by atomic mass is 10.00. The van der Waals surface area contributed by atoms with Crippen LogP contribution in [0.5, 0.6) is 5.75 Å². The highest BCUT2D eigenvalue weighted by molar-refractivity contribution is 5.61. The molecule has 0 spiro atoms. The number of nitrogens with zero attached hydrogens (tertiary/aromatic N) is 1. The van der Waals surface area contributed by atoms with Gasteiger partial charge in [-0.2, -0.15) is 0 Å². The minimum Gasteiger partial charge on any atom is -0.496 e. The molecule has 1 N–H and O–H groups in total. The van der Waals surface area contributed by atoms with Crippen LogP contribution in [0, 0.1) is 5.92 Å². The van der Waals surface area contributed by atoms with E-state index >= 15 is 0 Å². The van der Waals surface area contributed by atoms with Crippen molar-refractivity contribution in [2.75, 3.05) is 26.1 Å². The van der Waals surface area contributed by atoms with E-state index in [9.17, 15) is 0 Å². The number of benzene rings is 1. The highest BCUT2D eigenvalue weighted by Crippen LogP contribution is 2.35. The van der Waals surface area contributed by atoms with Gasteiger partial charge in [0.15, 0.2) is 0 Å². The Morgan fingerprint density at radius 3 is 2.35 bits per heavy atom. The monoisotopic (exact) mass is 278 g/mol. The van der Waals surface area contributed by atoms with Gasteiger partial charge in [0.1, 0.15) is 5.75 Å². The molecule has 3 nitrogen and oxygen atoms in total. The maximum absolute atomic E-state index is 5.55. The maximum atomic E-state index is 5.55. The van der Waals surface area contributed by atoms with E-state index in [0.717, 1.165) is 5.75 Å². The summed E-state index contributed by atoms with van der Waals surface area (Å²) in [6.07, 6.45) is 1.18. The lowest BCUT2D eigenvalue weighted by molar-refractivity contribution is 0.403. The molecular formula is C17H30N2O. The molecule has 1 aromatic rings. The molecule has 0 bridgehead atoms. The van der Waals surface area contributed by atoms with Crippen LogP contribution in [0.2, 0.25) is 0 Å². The number of hydrogen-bond acceptors (Lipinski definition) is 3. The highest BCUT2D eigenvalue weighted by atomic mass is 16.5. The molecule has 3 heteroatoms. The van der Waals surface area contributed by atoms with E-state index in [0.29, 0.717) is 12.0 Å². The van der Waals surface area contributed by atoms with Crippen molar-refractivity contribution in [1.29, 1.82) is 0 Å². The number of methoxy groups -OCH3 is 1. The molecule has 0 aliphatic rings. The first-order valence-corrected chi connectivity index (χ1v) is 7.49. The van der Waals surface area contributed by atoms with Crippen molar-refractivity contribution in [2.45, 2.75) is 46.2 Å². The third-order valence-corrected chi connectivity index (χ3v) is 3.98. The van der Waals surface area contributed by atoms with Crippen LogP contribution in [0.4, 0.5) is 5.69 Å². The van der Waals surface area contributed by atoms with Gasteiger partial charge in [-0.05, 0) is 45.4 Å². The van der Waals surface area contributed by atoms with Crippen LogP contribution in [0.25, 0.3) is 0 Å². The first-order chi connectivity index (χ1) is 9.42. The molecule has 0 aliphatic heterocycles. The normalized spacial score (nSPS) is 14.2. The Hall–Kier alpha value is -1.22. The van der Waals surface area contributed by atoms with Gasteiger partial charge in [-0.3, -0.25) is 0 Å². The molecule has 1 rings (SSSR count). The minimum atomic E-state index is 0.259. The van der Waals surface area contributed by atoms with Crippen LogP contribution in [-0.4, -0.2) is 27.2 Å². The standard InChI is InChI=1S/C17H30N2O/c1-12(2)11-13(3)19(6)15-9-8-10-16(20-7)17(15)14(4)18-5/h8-10,12-14,18H,11H2,1-7H3. The first kappa shape index (κ1) is 16.8. The van der Waals surface area contributed by atoms with Gasteiger partial charge in [0.05, 0.1) is 7.11 Å². The summed E-state index contributed by atoms with van der Waals surface area (Å²) < 4.78 is 5.55. The quantitative estimate of drug-likeness (QED) is 0.820. The summed E-state index contributed by atoms with van der Waals surface area (Å²) in [4.78, 5) is 2.37. The summed E-state index contributed by atoms with van der Waals surface area (Å²) in [6.45, 7) is 9.00. The van der Waals surface area contributed by atoms with E-state index < -0.39 is 0 Å². The number of anilines is 1. The van der Waals surface area contributed by atoms with E-state index in [1.165, 1.54) is 17.7 Å². The van der Waals surface area contributed by atoms with Gasteiger partial charge in [0.25, 0.3) is 0 Å². The molecule has 0 heterocycles. The van der Waals surface area contributed by atoms with E-state index in [2.05, 4.69) is 57.1 Å². The zero-order chi connectivity index (χ0) is 15.3. The number of hydrogen-bond donors (Lipinski definition) is 1. The van der Waals surface area contributed by atoms with Crippen molar-refractivity contribution >= 4 is 5.69 Å². The van der Waals surface area contributed by atoms with Crippen LogP contribution < -0.4 is 15.0 Å². The van der Waals surface area contributed by atoms with Gasteiger partial charge in [0, 0.05) is 30.4 Å². The Kier molecular flexibility index (Phi) is 6.34. The number of rotatable bonds is 7. The Balaban J connectivity index is 3.16. The van der Waals surface area contributed by atoms with E-state index in [4.69, 9.17) is 4.74 Å². The minimum absolute atomic E-state index is 0.259. The van der Waals surface area contributed by atoms with E-state index in [1.54, 1.807) is 7.11 Å². The first-order valence-electron chi connectivity index (χ1n) is 7.49. The van der Waals surface area contributed by atoms with Crippen molar-refractivity contribution in [3.8, 4) is 5.75 Å². The second-order valence-electron chi connectivity index (χ2n) is 5.99. The molecule has 2 atom stereocenters. The van der Waals surface area contributed by atoms with Crippen LogP contribution in [0.3, 0.4) is 0 Å². The van der Waals surface area contributed by atoms with Crippen molar-refractivity contribution in [2.24, 2.45) is 5.92 Å². The van der Waals surface area contributed by atoms with Gasteiger partial charge < -0.3 is 15.0 Å². The molecule has 0 saturated carbocycles. The third-order valence-electron chi connectivity index (χ3n) is 3.98. The molecule has 2 unspecified atom stereocenters. The summed E-state index contributed by atoms with van der Waals surface area (Å²) in [5.41, 5.74) is 2.48. The summed E-state index contributed by atoms with van der Waals surface area (Å²) in [6, 6.07) is 7.05. The fourth-order valence-electron chi connectivity index (χ4n) is 2.68. The Morgan fingerprint density at radius 2 is 1.85 bits per heavy atom. The fourth-order valence-corrected chi connectivity index (χ4v) is 2.68. The molecule has 0 radical (unpaired) electrons. The Labute approximate surface area is 124 Å². The predicted molar refractivity (Wildman–Crippen MR) is 87.8 cm³/mol. The largest absolute Gasteiger partial charge is 0.496 e. The van der Waals surface area contributed by atoms with Crippen LogP contribution in [0.1, 0.15) is 45.7 Å². The van der Waals surface area contributed by atoms with Gasteiger partial charge in [-0.1, -0.05) is 19.9 Å². The SMILES string of the molecule is CNC(C)c1c(OC)cccc1N(C)C(C)CC(C)C. The second-order valence-corrected chi connectivity index (χ2v) is 5.99. The summed E-state index contributed by atoms with van der Waals surface area (Å²) in [7, 11) is 5.90. The van der Waals surface area contributed by atoms with E-state index in [1.807, 2.05) is 13.1 Å². The zero-order valence-electron chi connectivity index (χ0n) is 14.0. The smallest absolute Gasteiger partial charge is 0.125 e. The number of ether oxygens (including phenoxy) is 1. The summed E-state index contributed by atoms with van der Waals surface area (Å²) in [5, 5.41) is 3.32. The molecule has 1 aromatic carbocycles. The van der Waals surface area contributed by atoms with Crippen molar-refractivity contribution in [3.05, 3.63) is 23.8 Å². The summed E-state index contributed by atoms with van der Waals surface area (Å²) in [5.74, 6) is 1.65. The fraction of sp³-hybridized carbons (Fsp3) is 0.647. The van der Waals surface area contributed by atoms with Crippen molar-refractivity contribution < 1.29 is 4.74 Å². The van der Waals surface area contributed by atoms with Gasteiger partial charge >= 0.3 is 0 Å². The average molecular weight is 278 g/mol. The molecule has 114 valence electrons. The summed E-state index contributed by atoms with van der Waals surface area (Å²) >= 11 is 0. The Morgan fingerprint density at radius 1 is 1.20 bits per heavy atom. The Bertz CT molecular complexity index is 417. The number of nitrogens with one attached hydrogen (secondary N) is 1. The van der Waals surface area contributed by atoms with Gasteiger partial charge in [-0.15, -0.1) is 0 Å². The molecule has 20 heavy (non-hydrogen) atoms.